The van der Waals surface area contributed by atoms with Gasteiger partial charge in [0.1, 0.15) is 0 Å². The number of allylic oxidation sites excluding steroid dienone is 1. The Kier molecular flexibility index (Phi) is 6.09. The van der Waals surface area contributed by atoms with Gasteiger partial charge < -0.3 is 11.1 Å². The summed E-state index contributed by atoms with van der Waals surface area (Å²) in [5.74, 6) is -0.282. The third kappa shape index (κ3) is 5.47. The molecule has 0 bridgehead atoms. The number of hydrogen-bond acceptors (Lipinski definition) is 3. The number of nitrogens with two attached hydrogens (primary N) is 1. The number of rotatable bonds is 7. The lowest BCUT2D eigenvalue weighted by molar-refractivity contribution is -0.118. The van der Waals surface area contributed by atoms with Crippen LogP contribution in [0.25, 0.3) is 0 Å². The average molecular weight is 285 g/mol. The van der Waals surface area contributed by atoms with E-state index in [1.807, 2.05) is 12.1 Å². The molecule has 1 rings (SSSR count). The van der Waals surface area contributed by atoms with E-state index in [0.717, 1.165) is 22.6 Å². The second-order valence-electron chi connectivity index (χ2n) is 4.05. The van der Waals surface area contributed by atoms with Gasteiger partial charge in [0.25, 0.3) is 0 Å². The van der Waals surface area contributed by atoms with Crippen molar-refractivity contribution in [1.82, 2.24) is 5.32 Å². The molecule has 1 aromatic rings. The first-order chi connectivity index (χ1) is 8.49. The fraction of sp³-hybridized carbons (Fsp3) is 0.308. The van der Waals surface area contributed by atoms with E-state index in [1.54, 1.807) is 6.07 Å². The summed E-state index contributed by atoms with van der Waals surface area (Å²) in [6.07, 6.45) is 1.82. The van der Waals surface area contributed by atoms with E-state index in [0.29, 0.717) is 24.4 Å². The number of amides is 1. The monoisotopic (exact) mass is 284 g/mol. The van der Waals surface area contributed by atoms with Crippen LogP contribution in [-0.4, -0.2) is 5.91 Å². The molecule has 3 N–H and O–H groups in total. The van der Waals surface area contributed by atoms with Crippen molar-refractivity contribution in [1.29, 1.82) is 0 Å². The molecule has 0 atom stereocenters. The zero-order valence-corrected chi connectivity index (χ0v) is 11.7. The molecule has 0 heterocycles. The summed E-state index contributed by atoms with van der Waals surface area (Å²) in [6.45, 7) is 4.51. The Morgan fingerprint density at radius 1 is 1.44 bits per heavy atom. The van der Waals surface area contributed by atoms with E-state index >= 15 is 0 Å². The minimum Gasteiger partial charge on any atom is -0.385 e. The number of primary amides is 1. The molecule has 1 aromatic carbocycles. The second-order valence-corrected chi connectivity index (χ2v) is 4.98. The molecule has 0 saturated carbocycles. The molecular formula is C13H17ClN2OS. The minimum atomic E-state index is -0.282. The third-order valence-corrected chi connectivity index (χ3v) is 3.10. The van der Waals surface area contributed by atoms with E-state index < -0.39 is 0 Å². The van der Waals surface area contributed by atoms with Crippen molar-refractivity contribution < 1.29 is 4.79 Å². The van der Waals surface area contributed by atoms with Crippen molar-refractivity contribution in [3.8, 4) is 0 Å². The summed E-state index contributed by atoms with van der Waals surface area (Å²) in [4.78, 5) is 11.4. The molecule has 0 saturated heterocycles. The predicted molar refractivity (Wildman–Crippen MR) is 77.7 cm³/mol. The summed E-state index contributed by atoms with van der Waals surface area (Å²) >= 11 is 10.3. The van der Waals surface area contributed by atoms with E-state index in [1.165, 1.54) is 0 Å². The number of nitrogens with one attached hydrogen (secondary N) is 1. The van der Waals surface area contributed by atoms with Crippen molar-refractivity contribution in [2.75, 3.05) is 0 Å². The van der Waals surface area contributed by atoms with Crippen LogP contribution in [0.5, 0.6) is 0 Å². The maximum atomic E-state index is 10.6. The van der Waals surface area contributed by atoms with Gasteiger partial charge in [0.05, 0.1) is 0 Å². The molecule has 0 aliphatic carbocycles. The topological polar surface area (TPSA) is 55.1 Å². The van der Waals surface area contributed by atoms with Crippen LogP contribution in [0, 0.1) is 0 Å². The summed E-state index contributed by atoms with van der Waals surface area (Å²) < 4.78 is 0. The standard InChI is InChI=1S/C13H17ClN2OS/c1-9(3-2-4-13(15)17)16-8-10-5-6-11(18)7-12(10)14/h5-7,16,18H,1-4,8H2,(H2,15,17). The van der Waals surface area contributed by atoms with Crippen molar-refractivity contribution in [3.63, 3.8) is 0 Å². The summed E-state index contributed by atoms with van der Waals surface area (Å²) in [5.41, 5.74) is 6.93. The van der Waals surface area contributed by atoms with Crippen LogP contribution in [0.4, 0.5) is 0 Å². The van der Waals surface area contributed by atoms with Gasteiger partial charge in [-0.05, 0) is 30.5 Å². The van der Waals surface area contributed by atoms with Crippen LogP contribution in [0.2, 0.25) is 5.02 Å². The largest absolute Gasteiger partial charge is 0.385 e. The second kappa shape index (κ2) is 7.34. The van der Waals surface area contributed by atoms with Crippen LogP contribution in [-0.2, 0) is 11.3 Å². The maximum Gasteiger partial charge on any atom is 0.217 e. The normalized spacial score (nSPS) is 10.1. The van der Waals surface area contributed by atoms with Gasteiger partial charge in [-0.15, -0.1) is 12.6 Å². The van der Waals surface area contributed by atoms with Crippen LogP contribution in [0.1, 0.15) is 24.8 Å². The van der Waals surface area contributed by atoms with Gasteiger partial charge in [0, 0.05) is 28.6 Å². The molecule has 0 spiro atoms. The third-order valence-electron chi connectivity index (χ3n) is 2.47. The molecule has 0 radical (unpaired) electrons. The van der Waals surface area contributed by atoms with Crippen molar-refractivity contribution in [3.05, 3.63) is 41.1 Å². The lowest BCUT2D eigenvalue weighted by atomic mass is 10.2. The fourth-order valence-electron chi connectivity index (χ4n) is 1.46. The first-order valence-corrected chi connectivity index (χ1v) is 6.49. The number of halogens is 1. The van der Waals surface area contributed by atoms with Gasteiger partial charge in [-0.1, -0.05) is 24.2 Å². The number of thiol groups is 1. The molecule has 0 unspecified atom stereocenters. The van der Waals surface area contributed by atoms with E-state index in [9.17, 15) is 4.79 Å². The summed E-state index contributed by atoms with van der Waals surface area (Å²) in [6, 6.07) is 5.62. The highest BCUT2D eigenvalue weighted by molar-refractivity contribution is 7.80. The molecule has 0 aliphatic rings. The van der Waals surface area contributed by atoms with Crippen LogP contribution in [0.3, 0.4) is 0 Å². The van der Waals surface area contributed by atoms with Gasteiger partial charge in [0.15, 0.2) is 0 Å². The lowest BCUT2D eigenvalue weighted by Crippen LogP contribution is -2.14. The molecule has 0 fully saturated rings. The Balaban J connectivity index is 2.36. The first-order valence-electron chi connectivity index (χ1n) is 5.66. The highest BCUT2D eigenvalue weighted by Crippen LogP contribution is 2.20. The van der Waals surface area contributed by atoms with Gasteiger partial charge in [-0.2, -0.15) is 0 Å². The number of benzene rings is 1. The summed E-state index contributed by atoms with van der Waals surface area (Å²) in [5, 5.41) is 3.86. The van der Waals surface area contributed by atoms with Crippen LogP contribution >= 0.6 is 24.2 Å². The molecule has 98 valence electrons. The van der Waals surface area contributed by atoms with E-state index in [4.69, 9.17) is 17.3 Å². The van der Waals surface area contributed by atoms with Crippen molar-refractivity contribution >= 4 is 30.1 Å². The first kappa shape index (κ1) is 14.9. The molecule has 18 heavy (non-hydrogen) atoms. The van der Waals surface area contributed by atoms with Gasteiger partial charge in [0.2, 0.25) is 5.91 Å². The smallest absolute Gasteiger partial charge is 0.217 e. The quantitative estimate of drug-likeness (QED) is 0.675. The van der Waals surface area contributed by atoms with Gasteiger partial charge in [-0.3, -0.25) is 4.79 Å². The molecule has 5 heteroatoms. The lowest BCUT2D eigenvalue weighted by Gasteiger charge is -2.10. The molecular weight excluding hydrogens is 268 g/mol. The Morgan fingerprint density at radius 3 is 2.78 bits per heavy atom. The number of carbonyl (C=O) groups excluding carboxylic acids is 1. The molecule has 0 aliphatic heterocycles. The average Bonchev–Trinajstić information content (AvgIpc) is 2.27. The predicted octanol–water partition coefficient (Wildman–Crippen LogP) is 2.89. The molecule has 3 nitrogen and oxygen atoms in total. The van der Waals surface area contributed by atoms with Gasteiger partial charge in [-0.25, -0.2) is 0 Å². The van der Waals surface area contributed by atoms with Crippen molar-refractivity contribution in [2.24, 2.45) is 5.73 Å². The van der Waals surface area contributed by atoms with E-state index in [-0.39, 0.29) is 5.91 Å². The molecule has 1 amide bonds. The highest BCUT2D eigenvalue weighted by atomic mass is 35.5. The zero-order chi connectivity index (χ0) is 13.5. The SMILES string of the molecule is C=C(CCCC(N)=O)NCc1ccc(S)cc1Cl. The minimum absolute atomic E-state index is 0.282. The number of hydrogen-bond donors (Lipinski definition) is 3. The van der Waals surface area contributed by atoms with Crippen molar-refractivity contribution in [2.45, 2.75) is 30.7 Å². The Morgan fingerprint density at radius 2 is 2.17 bits per heavy atom. The maximum absolute atomic E-state index is 10.6. The van der Waals surface area contributed by atoms with E-state index in [2.05, 4.69) is 24.5 Å². The Bertz CT molecular complexity index is 449. The Labute approximate surface area is 118 Å². The zero-order valence-electron chi connectivity index (χ0n) is 10.1. The van der Waals surface area contributed by atoms with Gasteiger partial charge >= 0.3 is 0 Å². The van der Waals surface area contributed by atoms with Crippen LogP contribution < -0.4 is 11.1 Å². The fourth-order valence-corrected chi connectivity index (χ4v) is 1.99. The Hall–Kier alpha value is -1.13. The van der Waals surface area contributed by atoms with Crippen LogP contribution in [0.15, 0.2) is 35.4 Å². The summed E-state index contributed by atoms with van der Waals surface area (Å²) in [7, 11) is 0. The molecule has 0 aromatic heterocycles. The number of carbonyl (C=O) groups is 1. The highest BCUT2D eigenvalue weighted by Gasteiger charge is 2.02.